The minimum Gasteiger partial charge on any atom is -0.382 e. The predicted octanol–water partition coefficient (Wildman–Crippen LogP) is 3.70. The molecule has 0 radical (unpaired) electrons. The van der Waals surface area contributed by atoms with Crippen LogP contribution in [0.15, 0.2) is 54.6 Å². The molecule has 0 saturated heterocycles. The smallest absolute Gasteiger partial charge is 0.230 e. The quantitative estimate of drug-likeness (QED) is 0.765. The normalized spacial score (nSPS) is 12.8. The van der Waals surface area contributed by atoms with Gasteiger partial charge in [0.15, 0.2) is 5.82 Å². The lowest BCUT2D eigenvalue weighted by atomic mass is 9.95. The first-order chi connectivity index (χ1) is 11.9. The summed E-state index contributed by atoms with van der Waals surface area (Å²) in [6, 6.07) is 16.6. The van der Waals surface area contributed by atoms with Gasteiger partial charge in [-0.1, -0.05) is 63.2 Å². The number of aliphatic hydroxyl groups excluding tert-OH is 1. The SMILES string of the molecule is CC(C)(C)C(=O)Nc1nc2ccccc2nc1C(O)c1ccccc1. The lowest BCUT2D eigenvalue weighted by molar-refractivity contribution is -0.123. The van der Waals surface area contributed by atoms with Crippen LogP contribution in [0.1, 0.15) is 38.1 Å². The van der Waals surface area contributed by atoms with Gasteiger partial charge in [-0.05, 0) is 17.7 Å². The maximum Gasteiger partial charge on any atom is 0.230 e. The zero-order valence-corrected chi connectivity index (χ0v) is 14.5. The van der Waals surface area contributed by atoms with Gasteiger partial charge in [0.05, 0.1) is 11.0 Å². The van der Waals surface area contributed by atoms with Gasteiger partial charge in [0.1, 0.15) is 11.8 Å². The third-order valence-corrected chi connectivity index (χ3v) is 3.88. The van der Waals surface area contributed by atoms with Crippen molar-refractivity contribution in [3.8, 4) is 0 Å². The number of hydrogen-bond donors (Lipinski definition) is 2. The zero-order chi connectivity index (χ0) is 18.0. The van der Waals surface area contributed by atoms with Gasteiger partial charge in [-0.2, -0.15) is 0 Å². The van der Waals surface area contributed by atoms with Crippen LogP contribution in [0.25, 0.3) is 11.0 Å². The fraction of sp³-hybridized carbons (Fsp3) is 0.250. The highest BCUT2D eigenvalue weighted by Gasteiger charge is 2.25. The molecule has 1 aromatic heterocycles. The van der Waals surface area contributed by atoms with Gasteiger partial charge >= 0.3 is 0 Å². The van der Waals surface area contributed by atoms with E-state index in [0.29, 0.717) is 22.3 Å². The topological polar surface area (TPSA) is 75.1 Å². The summed E-state index contributed by atoms with van der Waals surface area (Å²) >= 11 is 0. The Bertz CT molecular complexity index is 902. The van der Waals surface area contributed by atoms with E-state index < -0.39 is 11.5 Å². The molecular formula is C20H21N3O2. The van der Waals surface area contributed by atoms with E-state index in [4.69, 9.17) is 0 Å². The lowest BCUT2D eigenvalue weighted by Gasteiger charge is -2.20. The van der Waals surface area contributed by atoms with Crippen LogP contribution in [0, 0.1) is 5.41 Å². The molecule has 25 heavy (non-hydrogen) atoms. The molecule has 2 aromatic carbocycles. The number of anilines is 1. The number of fused-ring (bicyclic) bond motifs is 1. The average Bonchev–Trinajstić information content (AvgIpc) is 2.60. The van der Waals surface area contributed by atoms with Crippen LogP contribution in [0.3, 0.4) is 0 Å². The number of hydrogen-bond acceptors (Lipinski definition) is 4. The highest BCUT2D eigenvalue weighted by atomic mass is 16.3. The summed E-state index contributed by atoms with van der Waals surface area (Å²) in [5.41, 5.74) is 1.78. The van der Waals surface area contributed by atoms with Crippen molar-refractivity contribution < 1.29 is 9.90 Å². The maximum atomic E-state index is 12.4. The molecule has 0 aliphatic heterocycles. The monoisotopic (exact) mass is 335 g/mol. The van der Waals surface area contributed by atoms with Crippen LogP contribution >= 0.6 is 0 Å². The lowest BCUT2D eigenvalue weighted by Crippen LogP contribution is -2.29. The average molecular weight is 335 g/mol. The first kappa shape index (κ1) is 17.0. The molecule has 1 heterocycles. The third-order valence-electron chi connectivity index (χ3n) is 3.88. The number of carbonyl (C=O) groups is 1. The van der Waals surface area contributed by atoms with E-state index in [1.54, 1.807) is 0 Å². The Labute approximate surface area is 146 Å². The second-order valence-electron chi connectivity index (χ2n) is 6.96. The van der Waals surface area contributed by atoms with Gasteiger partial charge in [-0.15, -0.1) is 0 Å². The van der Waals surface area contributed by atoms with Gasteiger partial charge in [0.2, 0.25) is 5.91 Å². The number of nitrogens with one attached hydrogen (secondary N) is 1. The number of amides is 1. The number of para-hydroxylation sites is 2. The van der Waals surface area contributed by atoms with Crippen molar-refractivity contribution in [1.82, 2.24) is 9.97 Å². The summed E-state index contributed by atoms with van der Waals surface area (Å²) in [5.74, 6) is 0.105. The molecule has 1 unspecified atom stereocenters. The fourth-order valence-corrected chi connectivity index (χ4v) is 2.38. The summed E-state index contributed by atoms with van der Waals surface area (Å²) in [4.78, 5) is 21.5. The molecular weight excluding hydrogens is 314 g/mol. The van der Waals surface area contributed by atoms with Gasteiger partial charge in [0, 0.05) is 5.41 Å². The van der Waals surface area contributed by atoms with Crippen LogP contribution in [-0.2, 0) is 4.79 Å². The molecule has 128 valence electrons. The van der Waals surface area contributed by atoms with Crippen LogP contribution in [0.2, 0.25) is 0 Å². The molecule has 0 fully saturated rings. The largest absolute Gasteiger partial charge is 0.382 e. The van der Waals surface area contributed by atoms with Gasteiger partial charge in [0.25, 0.3) is 0 Å². The number of aliphatic hydroxyl groups is 1. The highest BCUT2D eigenvalue weighted by Crippen LogP contribution is 2.28. The van der Waals surface area contributed by atoms with Crippen LogP contribution in [0.4, 0.5) is 5.82 Å². The van der Waals surface area contributed by atoms with E-state index in [9.17, 15) is 9.90 Å². The molecule has 2 N–H and O–H groups in total. The van der Waals surface area contributed by atoms with Crippen LogP contribution < -0.4 is 5.32 Å². The highest BCUT2D eigenvalue weighted by molar-refractivity contribution is 5.95. The molecule has 5 nitrogen and oxygen atoms in total. The second kappa shape index (κ2) is 6.61. The molecule has 0 spiro atoms. The van der Waals surface area contributed by atoms with E-state index in [0.717, 1.165) is 0 Å². The molecule has 1 amide bonds. The minimum atomic E-state index is -0.978. The number of carbonyl (C=O) groups excluding carboxylic acids is 1. The Hall–Kier alpha value is -2.79. The molecule has 0 saturated carbocycles. The van der Waals surface area contributed by atoms with E-state index in [2.05, 4.69) is 15.3 Å². The van der Waals surface area contributed by atoms with Crippen molar-refractivity contribution in [2.45, 2.75) is 26.9 Å². The third kappa shape index (κ3) is 3.67. The second-order valence-corrected chi connectivity index (χ2v) is 6.96. The Morgan fingerprint density at radius 2 is 1.52 bits per heavy atom. The molecule has 5 heteroatoms. The number of aromatic nitrogens is 2. The Balaban J connectivity index is 2.11. The van der Waals surface area contributed by atoms with E-state index in [1.807, 2.05) is 75.4 Å². The summed E-state index contributed by atoms with van der Waals surface area (Å²) in [6.07, 6.45) is -0.978. The number of nitrogens with zero attached hydrogens (tertiary/aromatic N) is 2. The first-order valence-electron chi connectivity index (χ1n) is 8.17. The molecule has 0 bridgehead atoms. The van der Waals surface area contributed by atoms with E-state index in [1.165, 1.54) is 0 Å². The Morgan fingerprint density at radius 3 is 2.12 bits per heavy atom. The number of rotatable bonds is 3. The summed E-state index contributed by atoms with van der Waals surface area (Å²) < 4.78 is 0. The van der Waals surface area contributed by atoms with E-state index >= 15 is 0 Å². The van der Waals surface area contributed by atoms with Gasteiger partial charge in [-0.3, -0.25) is 4.79 Å². The standard InChI is InChI=1S/C20H21N3O2/c1-20(2,3)19(25)23-18-16(17(24)13-9-5-4-6-10-13)21-14-11-7-8-12-15(14)22-18/h4-12,17,24H,1-3H3,(H,22,23,25). The van der Waals surface area contributed by atoms with Gasteiger partial charge in [-0.25, -0.2) is 9.97 Å². The van der Waals surface area contributed by atoms with E-state index in [-0.39, 0.29) is 11.7 Å². The van der Waals surface area contributed by atoms with Crippen LogP contribution in [0.5, 0.6) is 0 Å². The van der Waals surface area contributed by atoms with Crippen molar-refractivity contribution in [3.63, 3.8) is 0 Å². The minimum absolute atomic E-state index is 0.182. The number of benzene rings is 2. The summed E-state index contributed by atoms with van der Waals surface area (Å²) in [7, 11) is 0. The van der Waals surface area contributed by atoms with Crippen molar-refractivity contribution in [2.75, 3.05) is 5.32 Å². The van der Waals surface area contributed by atoms with Gasteiger partial charge < -0.3 is 10.4 Å². The summed E-state index contributed by atoms with van der Waals surface area (Å²) in [5, 5.41) is 13.6. The molecule has 0 aliphatic rings. The molecule has 1 atom stereocenters. The van der Waals surface area contributed by atoms with Crippen LogP contribution in [-0.4, -0.2) is 21.0 Å². The Morgan fingerprint density at radius 1 is 0.960 bits per heavy atom. The zero-order valence-electron chi connectivity index (χ0n) is 14.5. The molecule has 0 aliphatic carbocycles. The van der Waals surface area contributed by atoms with Crippen molar-refractivity contribution in [1.29, 1.82) is 0 Å². The fourth-order valence-electron chi connectivity index (χ4n) is 2.38. The maximum absolute atomic E-state index is 12.4. The van der Waals surface area contributed by atoms with Crippen molar-refractivity contribution >= 4 is 22.8 Å². The first-order valence-corrected chi connectivity index (χ1v) is 8.17. The van der Waals surface area contributed by atoms with Crippen molar-refractivity contribution in [3.05, 3.63) is 65.9 Å². The Kier molecular flexibility index (Phi) is 4.51. The van der Waals surface area contributed by atoms with Crippen molar-refractivity contribution in [2.24, 2.45) is 5.41 Å². The molecule has 3 aromatic rings. The predicted molar refractivity (Wildman–Crippen MR) is 98.1 cm³/mol. The summed E-state index contributed by atoms with van der Waals surface area (Å²) in [6.45, 7) is 5.47. The molecule has 3 rings (SSSR count).